The van der Waals surface area contributed by atoms with Crippen molar-refractivity contribution in [3.8, 4) is 40.6 Å². The van der Waals surface area contributed by atoms with Gasteiger partial charge in [-0.15, -0.1) is 0 Å². The van der Waals surface area contributed by atoms with Crippen molar-refractivity contribution in [1.29, 1.82) is 0 Å². The van der Waals surface area contributed by atoms with Gasteiger partial charge in [0.25, 0.3) is 0 Å². The molecule has 10 heteroatoms. The third kappa shape index (κ3) is 5.93. The number of rotatable bonds is 7. The van der Waals surface area contributed by atoms with Gasteiger partial charge in [0.15, 0.2) is 0 Å². The lowest BCUT2D eigenvalue weighted by Crippen LogP contribution is -2.01. The summed E-state index contributed by atoms with van der Waals surface area (Å²) >= 11 is 0. The van der Waals surface area contributed by atoms with Gasteiger partial charge in [-0.25, -0.2) is 24.9 Å². The molecule has 6 heterocycles. The molecule has 0 N–H and O–H groups in total. The number of aromatic nitrogens is 8. The molecule has 0 fully saturated rings. The third-order valence-corrected chi connectivity index (χ3v) is 12.8. The van der Waals surface area contributed by atoms with Crippen LogP contribution < -0.4 is 9.47 Å². The SMILES string of the molecule is c1ccc2nc(-n3c4ccccc4c4ccc(Oc5ccc6c7ccc(Oc8ccc9c%10ccccc%10n(-c%10ccc%11ccccc%11n%10)c9c8)cc7n(-c7ncncn7)c6c5)cc43)ccc2c1. The maximum Gasteiger partial charge on any atom is 0.237 e. The number of ether oxygens (including phenoxy) is 2. The molecule has 0 unspecified atom stereocenters. The molecule has 8 aromatic carbocycles. The predicted octanol–water partition coefficient (Wildman–Crippen LogP) is 13.8. The Morgan fingerprint density at radius 1 is 0.313 bits per heavy atom. The van der Waals surface area contributed by atoms with Crippen LogP contribution in [0.15, 0.2) is 207 Å². The summed E-state index contributed by atoms with van der Waals surface area (Å²) in [6.07, 6.45) is 3.02. The number of benzene rings is 8. The van der Waals surface area contributed by atoms with Crippen LogP contribution in [0.1, 0.15) is 0 Å². The minimum absolute atomic E-state index is 0.479. The van der Waals surface area contributed by atoms with Gasteiger partial charge >= 0.3 is 0 Å². The Morgan fingerprint density at radius 2 is 0.687 bits per heavy atom. The van der Waals surface area contributed by atoms with Gasteiger partial charge in [0.2, 0.25) is 5.95 Å². The Bertz CT molecular complexity index is 4050. The van der Waals surface area contributed by atoms with E-state index >= 15 is 0 Å². The molecule has 0 atom stereocenters. The third-order valence-electron chi connectivity index (χ3n) is 12.8. The average Bonchev–Trinajstić information content (AvgIpc) is 4.01. The van der Waals surface area contributed by atoms with Crippen LogP contribution in [-0.2, 0) is 0 Å². The monoisotopic (exact) mass is 862 g/mol. The molecular formula is C57H34N8O2. The van der Waals surface area contributed by atoms with Crippen molar-refractivity contribution in [2.75, 3.05) is 0 Å². The molecule has 0 aliphatic carbocycles. The van der Waals surface area contributed by atoms with Crippen molar-refractivity contribution in [2.24, 2.45) is 0 Å². The van der Waals surface area contributed by atoms with Crippen LogP contribution in [0.2, 0.25) is 0 Å². The van der Waals surface area contributed by atoms with Gasteiger partial charge in [-0.2, -0.15) is 0 Å². The lowest BCUT2D eigenvalue weighted by Gasteiger charge is -2.11. The van der Waals surface area contributed by atoms with Crippen LogP contribution in [0.4, 0.5) is 0 Å². The Hall–Kier alpha value is -9.41. The van der Waals surface area contributed by atoms with Crippen LogP contribution >= 0.6 is 0 Å². The smallest absolute Gasteiger partial charge is 0.237 e. The summed E-state index contributed by atoms with van der Waals surface area (Å²) in [6.45, 7) is 0. The highest BCUT2D eigenvalue weighted by Gasteiger charge is 2.20. The second-order valence-corrected chi connectivity index (χ2v) is 16.6. The minimum Gasteiger partial charge on any atom is -0.457 e. The first-order valence-corrected chi connectivity index (χ1v) is 22.0. The van der Waals surface area contributed by atoms with E-state index in [4.69, 9.17) is 19.4 Å². The molecule has 0 aliphatic rings. The molecule has 0 spiro atoms. The van der Waals surface area contributed by atoms with Gasteiger partial charge in [0, 0.05) is 67.4 Å². The Morgan fingerprint density at radius 3 is 1.13 bits per heavy atom. The fourth-order valence-electron chi connectivity index (χ4n) is 9.82. The molecule has 314 valence electrons. The van der Waals surface area contributed by atoms with Crippen LogP contribution in [0.3, 0.4) is 0 Å². The largest absolute Gasteiger partial charge is 0.457 e. The molecular weight excluding hydrogens is 829 g/mol. The van der Waals surface area contributed by atoms with Crippen molar-refractivity contribution < 1.29 is 9.47 Å². The van der Waals surface area contributed by atoms with Crippen LogP contribution in [0.5, 0.6) is 23.0 Å². The summed E-state index contributed by atoms with van der Waals surface area (Å²) < 4.78 is 19.9. The average molecular weight is 863 g/mol. The first kappa shape index (κ1) is 37.0. The highest BCUT2D eigenvalue weighted by molar-refractivity contribution is 6.12. The molecule has 10 nitrogen and oxygen atoms in total. The standard InChI is InChI=1S/C57H34N8O2/c1-5-13-47-35(9-1)17-27-55(61-47)63-49-15-7-3-11-41(49)43-23-19-37(29-51(43)63)66-39-21-25-45-46-26-22-40(32-54(46)65(53(45)31-39)57-59-33-58-34-60-57)67-38-20-24-44-42-12-4-8-16-50(42)64(52(44)30-38)56-28-18-36-10-2-6-14-48(36)62-56/h1-34H. The number of hydrogen-bond donors (Lipinski definition) is 0. The number of hydrogen-bond acceptors (Lipinski definition) is 7. The molecule has 14 aromatic rings. The van der Waals surface area contributed by atoms with Crippen molar-refractivity contribution in [3.63, 3.8) is 0 Å². The second kappa shape index (κ2) is 14.6. The van der Waals surface area contributed by atoms with Gasteiger partial charge in [0.05, 0.1) is 44.1 Å². The second-order valence-electron chi connectivity index (χ2n) is 16.6. The highest BCUT2D eigenvalue weighted by atomic mass is 16.5. The molecule has 6 aromatic heterocycles. The number of fused-ring (bicyclic) bond motifs is 11. The lowest BCUT2D eigenvalue weighted by atomic mass is 10.1. The van der Waals surface area contributed by atoms with Gasteiger partial charge in [-0.1, -0.05) is 72.8 Å². The van der Waals surface area contributed by atoms with Gasteiger partial charge in [-0.05, 0) is 97.1 Å². The van der Waals surface area contributed by atoms with Gasteiger partial charge in [-0.3, -0.25) is 13.7 Å². The van der Waals surface area contributed by atoms with Gasteiger partial charge in [0.1, 0.15) is 47.3 Å². The summed E-state index contributed by atoms with van der Waals surface area (Å²) in [5.41, 5.74) is 7.78. The van der Waals surface area contributed by atoms with Crippen molar-refractivity contribution in [1.82, 2.24) is 38.6 Å². The number of nitrogens with zero attached hydrogens (tertiary/aromatic N) is 8. The van der Waals surface area contributed by atoms with E-state index in [0.717, 1.165) is 98.9 Å². The summed E-state index contributed by atoms with van der Waals surface area (Å²) in [5.74, 6) is 4.89. The Labute approximate surface area is 381 Å². The Balaban J connectivity index is 0.859. The van der Waals surface area contributed by atoms with Gasteiger partial charge < -0.3 is 9.47 Å². The minimum atomic E-state index is 0.479. The molecule has 14 rings (SSSR count). The van der Waals surface area contributed by atoms with Crippen LogP contribution in [-0.4, -0.2) is 38.6 Å². The van der Waals surface area contributed by atoms with E-state index < -0.39 is 0 Å². The fourth-order valence-corrected chi connectivity index (χ4v) is 9.82. The molecule has 0 aliphatic heterocycles. The molecule has 67 heavy (non-hydrogen) atoms. The molecule has 0 saturated carbocycles. The summed E-state index contributed by atoms with van der Waals surface area (Å²) in [5, 5.41) is 8.75. The van der Waals surface area contributed by atoms with Crippen molar-refractivity contribution in [3.05, 3.63) is 207 Å². The van der Waals surface area contributed by atoms with Crippen LogP contribution in [0, 0.1) is 0 Å². The molecule has 0 bridgehead atoms. The first-order chi connectivity index (χ1) is 33.2. The summed E-state index contributed by atoms with van der Waals surface area (Å²) in [7, 11) is 0. The first-order valence-electron chi connectivity index (χ1n) is 22.0. The maximum atomic E-state index is 6.73. The number of para-hydroxylation sites is 4. The van der Waals surface area contributed by atoms with E-state index in [0.29, 0.717) is 28.9 Å². The quantitative estimate of drug-likeness (QED) is 0.157. The van der Waals surface area contributed by atoms with E-state index in [1.165, 1.54) is 12.7 Å². The lowest BCUT2D eigenvalue weighted by molar-refractivity contribution is 0.484. The highest BCUT2D eigenvalue weighted by Crippen LogP contribution is 2.40. The fraction of sp³-hybridized carbons (Fsp3) is 0. The molecule has 0 saturated heterocycles. The van der Waals surface area contributed by atoms with E-state index in [2.05, 4.69) is 145 Å². The topological polar surface area (TPSA) is 97.7 Å². The van der Waals surface area contributed by atoms with E-state index in [9.17, 15) is 0 Å². The molecule has 0 radical (unpaired) electrons. The van der Waals surface area contributed by atoms with E-state index in [1.807, 2.05) is 77.4 Å². The maximum absolute atomic E-state index is 6.73. The summed E-state index contributed by atoms with van der Waals surface area (Å²) in [4.78, 5) is 23.5. The predicted molar refractivity (Wildman–Crippen MR) is 266 cm³/mol. The summed E-state index contributed by atoms with van der Waals surface area (Å²) in [6, 6.07) is 66.4. The van der Waals surface area contributed by atoms with Crippen molar-refractivity contribution >= 4 is 87.2 Å². The zero-order valence-corrected chi connectivity index (χ0v) is 35.5. The Kier molecular flexibility index (Phi) is 8.04. The van der Waals surface area contributed by atoms with E-state index in [1.54, 1.807) is 0 Å². The normalized spacial score (nSPS) is 11.9. The molecule has 0 amide bonds. The van der Waals surface area contributed by atoms with E-state index in [-0.39, 0.29) is 0 Å². The zero-order valence-electron chi connectivity index (χ0n) is 35.5. The van der Waals surface area contributed by atoms with Crippen LogP contribution in [0.25, 0.3) is 105 Å². The zero-order chi connectivity index (χ0) is 44.0. The van der Waals surface area contributed by atoms with Crippen molar-refractivity contribution in [2.45, 2.75) is 0 Å². The number of pyridine rings is 2.